The first-order valence-corrected chi connectivity index (χ1v) is 14.1. The molecule has 4 rings (SSSR count). The summed E-state index contributed by atoms with van der Waals surface area (Å²) in [7, 11) is -3.87. The fourth-order valence-corrected chi connectivity index (χ4v) is 5.40. The Morgan fingerprint density at radius 3 is 2.30 bits per heavy atom. The SMILES string of the molecule is Cc1cc(Cl)ccc1NC(=O)C(=O)N/N=C/c1ccc(CN(Cc2ccc(Cl)cc2)S(=O)(=O)c2ccccc2)o1. The summed E-state index contributed by atoms with van der Waals surface area (Å²) in [5, 5.41) is 7.30. The molecule has 0 fully saturated rings. The molecule has 2 amide bonds. The number of carbonyl (C=O) groups is 2. The second-order valence-corrected chi connectivity index (χ2v) is 11.4. The fraction of sp³-hybridized carbons (Fsp3) is 0.107. The van der Waals surface area contributed by atoms with Crippen LogP contribution in [-0.2, 0) is 32.7 Å². The van der Waals surface area contributed by atoms with E-state index in [4.69, 9.17) is 27.6 Å². The van der Waals surface area contributed by atoms with E-state index in [0.29, 0.717) is 27.1 Å². The van der Waals surface area contributed by atoms with E-state index in [1.807, 2.05) is 0 Å². The summed E-state index contributed by atoms with van der Waals surface area (Å²) in [5.74, 6) is -1.31. The summed E-state index contributed by atoms with van der Waals surface area (Å²) in [6.45, 7) is 1.76. The van der Waals surface area contributed by atoms with Crippen molar-refractivity contribution in [2.24, 2.45) is 5.10 Å². The number of halogens is 2. The minimum absolute atomic E-state index is 0.0666. The highest BCUT2D eigenvalue weighted by molar-refractivity contribution is 7.89. The maximum Gasteiger partial charge on any atom is 0.329 e. The zero-order chi connectivity index (χ0) is 28.7. The maximum atomic E-state index is 13.4. The van der Waals surface area contributed by atoms with Gasteiger partial charge in [-0.1, -0.05) is 53.5 Å². The second kappa shape index (κ2) is 12.9. The van der Waals surface area contributed by atoms with Crippen LogP contribution in [-0.4, -0.2) is 30.8 Å². The van der Waals surface area contributed by atoms with Gasteiger partial charge in [-0.25, -0.2) is 13.8 Å². The number of aryl methyl sites for hydroxylation is 1. The number of nitrogens with zero attached hydrogens (tertiary/aromatic N) is 2. The van der Waals surface area contributed by atoms with Crippen molar-refractivity contribution < 1.29 is 22.4 Å². The first-order chi connectivity index (χ1) is 19.1. The fourth-order valence-electron chi connectivity index (χ4n) is 3.64. The molecule has 40 heavy (non-hydrogen) atoms. The number of hydrogen-bond acceptors (Lipinski definition) is 6. The molecule has 1 aromatic heterocycles. The molecule has 4 aromatic rings. The van der Waals surface area contributed by atoms with Crippen LogP contribution >= 0.6 is 23.2 Å². The lowest BCUT2D eigenvalue weighted by molar-refractivity contribution is -0.136. The van der Waals surface area contributed by atoms with Crippen LogP contribution in [0.25, 0.3) is 0 Å². The van der Waals surface area contributed by atoms with Crippen molar-refractivity contribution >= 4 is 56.9 Å². The number of anilines is 1. The van der Waals surface area contributed by atoms with Crippen molar-refractivity contribution in [2.75, 3.05) is 5.32 Å². The van der Waals surface area contributed by atoms with Crippen LogP contribution in [0.4, 0.5) is 5.69 Å². The van der Waals surface area contributed by atoms with Gasteiger partial charge in [0.05, 0.1) is 17.7 Å². The quantitative estimate of drug-likeness (QED) is 0.152. The third-order valence-electron chi connectivity index (χ3n) is 5.67. The molecule has 9 nitrogen and oxygen atoms in total. The zero-order valence-corrected chi connectivity index (χ0v) is 23.5. The van der Waals surface area contributed by atoms with Gasteiger partial charge in [-0.2, -0.15) is 9.41 Å². The molecule has 0 spiro atoms. The highest BCUT2D eigenvalue weighted by atomic mass is 35.5. The predicted molar refractivity (Wildman–Crippen MR) is 154 cm³/mol. The van der Waals surface area contributed by atoms with Gasteiger partial charge in [0.25, 0.3) is 0 Å². The molecule has 1 heterocycles. The van der Waals surface area contributed by atoms with Gasteiger partial charge in [-0.05, 0) is 72.6 Å². The van der Waals surface area contributed by atoms with E-state index < -0.39 is 21.8 Å². The summed E-state index contributed by atoms with van der Waals surface area (Å²) in [4.78, 5) is 24.5. The van der Waals surface area contributed by atoms with Gasteiger partial charge in [-0.3, -0.25) is 9.59 Å². The van der Waals surface area contributed by atoms with Crippen LogP contribution in [0.2, 0.25) is 10.0 Å². The molecular formula is C28H24Cl2N4O5S. The Bertz CT molecular complexity index is 1640. The molecule has 0 saturated heterocycles. The van der Waals surface area contributed by atoms with Crippen LogP contribution in [0.5, 0.6) is 0 Å². The van der Waals surface area contributed by atoms with E-state index in [9.17, 15) is 18.0 Å². The van der Waals surface area contributed by atoms with Gasteiger partial charge in [0, 0.05) is 22.3 Å². The molecule has 0 radical (unpaired) electrons. The molecule has 206 valence electrons. The third-order valence-corrected chi connectivity index (χ3v) is 7.96. The minimum atomic E-state index is -3.87. The maximum absolute atomic E-state index is 13.4. The molecule has 0 atom stereocenters. The third kappa shape index (κ3) is 7.57. The monoisotopic (exact) mass is 598 g/mol. The molecule has 0 aliphatic rings. The van der Waals surface area contributed by atoms with Crippen molar-refractivity contribution in [3.05, 3.63) is 118 Å². The number of benzene rings is 3. The van der Waals surface area contributed by atoms with Gasteiger partial charge >= 0.3 is 11.8 Å². The van der Waals surface area contributed by atoms with Crippen molar-refractivity contribution in [1.82, 2.24) is 9.73 Å². The number of hydrazone groups is 1. The summed E-state index contributed by atoms with van der Waals surface area (Å²) in [5.41, 5.74) is 4.01. The number of hydrogen-bond donors (Lipinski definition) is 2. The molecule has 3 aromatic carbocycles. The summed E-state index contributed by atoms with van der Waals surface area (Å²) in [6, 6.07) is 23.0. The second-order valence-electron chi connectivity index (χ2n) is 8.63. The Morgan fingerprint density at radius 1 is 0.900 bits per heavy atom. The highest BCUT2D eigenvalue weighted by Gasteiger charge is 2.26. The molecule has 0 saturated carbocycles. The molecule has 0 unspecified atom stereocenters. The first kappa shape index (κ1) is 29.0. The van der Waals surface area contributed by atoms with Crippen molar-refractivity contribution in [3.8, 4) is 0 Å². The van der Waals surface area contributed by atoms with E-state index in [1.165, 1.54) is 22.7 Å². The Hall–Kier alpha value is -3.96. The normalized spacial score (nSPS) is 11.6. The van der Waals surface area contributed by atoms with Gasteiger partial charge in [-0.15, -0.1) is 0 Å². The van der Waals surface area contributed by atoms with Crippen molar-refractivity contribution in [2.45, 2.75) is 24.9 Å². The largest absolute Gasteiger partial charge is 0.459 e. The van der Waals surface area contributed by atoms with Gasteiger partial charge in [0.15, 0.2) is 0 Å². The summed E-state index contributed by atoms with van der Waals surface area (Å²) >= 11 is 11.9. The lowest BCUT2D eigenvalue weighted by Gasteiger charge is -2.21. The van der Waals surface area contributed by atoms with Crippen molar-refractivity contribution in [3.63, 3.8) is 0 Å². The van der Waals surface area contributed by atoms with E-state index in [-0.39, 0.29) is 23.7 Å². The Labute approximate surface area is 241 Å². The number of rotatable bonds is 9. The van der Waals surface area contributed by atoms with Crippen LogP contribution in [0.1, 0.15) is 22.6 Å². The summed E-state index contributed by atoms with van der Waals surface area (Å²) < 4.78 is 33.9. The molecule has 0 bridgehead atoms. The van der Waals surface area contributed by atoms with Gasteiger partial charge in [0.1, 0.15) is 11.5 Å². The zero-order valence-electron chi connectivity index (χ0n) is 21.2. The Kier molecular flexibility index (Phi) is 9.38. The Morgan fingerprint density at radius 2 is 1.60 bits per heavy atom. The highest BCUT2D eigenvalue weighted by Crippen LogP contribution is 2.23. The van der Waals surface area contributed by atoms with Gasteiger partial charge < -0.3 is 9.73 Å². The molecule has 2 N–H and O–H groups in total. The van der Waals surface area contributed by atoms with Crippen LogP contribution in [0, 0.1) is 6.92 Å². The molecule has 0 aliphatic heterocycles. The van der Waals surface area contributed by atoms with E-state index >= 15 is 0 Å². The van der Waals surface area contributed by atoms with Crippen LogP contribution < -0.4 is 10.7 Å². The molecule has 0 aliphatic carbocycles. The summed E-state index contributed by atoms with van der Waals surface area (Å²) in [6.07, 6.45) is 1.21. The minimum Gasteiger partial charge on any atom is -0.459 e. The predicted octanol–water partition coefficient (Wildman–Crippen LogP) is 5.37. The number of furan rings is 1. The van der Waals surface area contributed by atoms with Crippen LogP contribution in [0.15, 0.2) is 99.3 Å². The van der Waals surface area contributed by atoms with Gasteiger partial charge in [0.2, 0.25) is 10.0 Å². The van der Waals surface area contributed by atoms with E-state index in [1.54, 1.807) is 79.7 Å². The molecule has 12 heteroatoms. The Balaban J connectivity index is 1.43. The first-order valence-electron chi connectivity index (χ1n) is 11.9. The lowest BCUT2D eigenvalue weighted by atomic mass is 10.2. The van der Waals surface area contributed by atoms with Crippen molar-refractivity contribution in [1.29, 1.82) is 0 Å². The van der Waals surface area contributed by atoms with Crippen LogP contribution in [0.3, 0.4) is 0 Å². The number of carbonyl (C=O) groups excluding carboxylic acids is 2. The standard InChI is InChI=1S/C28H24Cl2N4O5S/c1-19-15-22(30)11-14-26(19)32-27(35)28(36)33-31-16-23-12-13-24(39-23)18-34(17-20-7-9-21(29)10-8-20)40(37,38)25-5-3-2-4-6-25/h2-16H,17-18H2,1H3,(H,32,35)(H,33,36)/b31-16+. The van der Waals surface area contributed by atoms with E-state index in [2.05, 4.69) is 15.8 Å². The lowest BCUT2D eigenvalue weighted by Crippen LogP contribution is -2.32. The molecular weight excluding hydrogens is 575 g/mol. The number of amides is 2. The number of nitrogens with one attached hydrogen (secondary N) is 2. The van der Waals surface area contributed by atoms with E-state index in [0.717, 1.165) is 5.56 Å². The number of sulfonamides is 1. The smallest absolute Gasteiger partial charge is 0.329 e. The average molecular weight is 599 g/mol. The topological polar surface area (TPSA) is 121 Å². The average Bonchev–Trinajstić information content (AvgIpc) is 3.38.